The van der Waals surface area contributed by atoms with Gasteiger partial charge in [-0.25, -0.2) is 4.79 Å². The van der Waals surface area contributed by atoms with E-state index in [0.29, 0.717) is 6.42 Å². The van der Waals surface area contributed by atoms with Crippen LogP contribution in [0.15, 0.2) is 23.1 Å². The molecule has 1 aliphatic heterocycles. The molecule has 1 spiro atoms. The van der Waals surface area contributed by atoms with Crippen LogP contribution in [0.2, 0.25) is 0 Å². The molecule has 17 heavy (non-hydrogen) atoms. The van der Waals surface area contributed by atoms with Gasteiger partial charge in [0, 0.05) is 4.90 Å². The van der Waals surface area contributed by atoms with Crippen molar-refractivity contribution < 1.29 is 9.59 Å². The molecule has 88 valence electrons. The second kappa shape index (κ2) is 3.50. The van der Waals surface area contributed by atoms with Crippen molar-refractivity contribution in [3.63, 3.8) is 0 Å². The normalized spacial score (nSPS) is 25.9. The maximum absolute atomic E-state index is 11.9. The minimum Gasteiger partial charge on any atom is -0.319 e. The standard InChI is InChI=1S/C12H12N2O2S/c1-17-8-2-3-9-7(6-8)4-5-12(9)10(15)13-11(16)14-12/h2-3,6H,4-5H2,1H3,(H2,13,14,15,16)/t12-/m1/s1. The van der Waals surface area contributed by atoms with E-state index in [1.165, 1.54) is 4.90 Å². The fourth-order valence-electron chi connectivity index (χ4n) is 2.63. The Morgan fingerprint density at radius 1 is 1.35 bits per heavy atom. The molecule has 1 aliphatic carbocycles. The van der Waals surface area contributed by atoms with Crippen molar-refractivity contribution in [2.24, 2.45) is 0 Å². The highest BCUT2D eigenvalue weighted by molar-refractivity contribution is 7.98. The summed E-state index contributed by atoms with van der Waals surface area (Å²) in [6, 6.07) is 5.66. The predicted molar refractivity (Wildman–Crippen MR) is 64.9 cm³/mol. The lowest BCUT2D eigenvalue weighted by Gasteiger charge is -2.21. The van der Waals surface area contributed by atoms with Crippen molar-refractivity contribution in [3.8, 4) is 0 Å². The molecule has 1 aromatic rings. The van der Waals surface area contributed by atoms with Gasteiger partial charge < -0.3 is 5.32 Å². The zero-order valence-corrected chi connectivity index (χ0v) is 10.2. The lowest BCUT2D eigenvalue weighted by molar-refractivity contribution is -0.124. The molecule has 1 saturated heterocycles. The SMILES string of the molecule is CSc1ccc2c(c1)CC[C@@]21NC(=O)NC1=O. The monoisotopic (exact) mass is 248 g/mol. The van der Waals surface area contributed by atoms with E-state index in [-0.39, 0.29) is 5.91 Å². The van der Waals surface area contributed by atoms with Crippen LogP contribution < -0.4 is 10.6 Å². The van der Waals surface area contributed by atoms with Gasteiger partial charge in [-0.3, -0.25) is 10.1 Å². The van der Waals surface area contributed by atoms with E-state index in [1.807, 2.05) is 18.4 Å². The van der Waals surface area contributed by atoms with Crippen LogP contribution in [-0.2, 0) is 16.8 Å². The smallest absolute Gasteiger partial charge is 0.319 e. The third kappa shape index (κ3) is 1.38. The summed E-state index contributed by atoms with van der Waals surface area (Å²) in [6.45, 7) is 0. The Morgan fingerprint density at radius 3 is 2.82 bits per heavy atom. The number of urea groups is 1. The molecule has 0 bridgehead atoms. The number of rotatable bonds is 1. The lowest BCUT2D eigenvalue weighted by Crippen LogP contribution is -2.41. The zero-order chi connectivity index (χ0) is 12.0. The molecule has 0 unspecified atom stereocenters. The van der Waals surface area contributed by atoms with Crippen LogP contribution in [0.5, 0.6) is 0 Å². The highest BCUT2D eigenvalue weighted by atomic mass is 32.2. The molecule has 1 fully saturated rings. The Hall–Kier alpha value is -1.49. The number of amides is 3. The number of nitrogens with one attached hydrogen (secondary N) is 2. The van der Waals surface area contributed by atoms with Crippen molar-refractivity contribution in [2.75, 3.05) is 6.26 Å². The number of benzene rings is 1. The van der Waals surface area contributed by atoms with E-state index in [9.17, 15) is 9.59 Å². The van der Waals surface area contributed by atoms with E-state index >= 15 is 0 Å². The first-order valence-electron chi connectivity index (χ1n) is 5.47. The van der Waals surface area contributed by atoms with Crippen molar-refractivity contribution in [3.05, 3.63) is 29.3 Å². The van der Waals surface area contributed by atoms with Crippen molar-refractivity contribution in [1.82, 2.24) is 10.6 Å². The molecular formula is C12H12N2O2S. The second-order valence-electron chi connectivity index (χ2n) is 4.34. The molecule has 1 heterocycles. The van der Waals surface area contributed by atoms with Crippen LogP contribution in [0, 0.1) is 0 Å². The van der Waals surface area contributed by atoms with Gasteiger partial charge in [0.15, 0.2) is 0 Å². The first-order chi connectivity index (χ1) is 8.15. The summed E-state index contributed by atoms with van der Waals surface area (Å²) >= 11 is 1.68. The molecule has 1 atom stereocenters. The highest BCUT2D eigenvalue weighted by Crippen LogP contribution is 2.40. The first-order valence-corrected chi connectivity index (χ1v) is 6.69. The van der Waals surface area contributed by atoms with Gasteiger partial charge in [-0.05, 0) is 42.4 Å². The minimum absolute atomic E-state index is 0.224. The zero-order valence-electron chi connectivity index (χ0n) is 9.37. The summed E-state index contributed by atoms with van der Waals surface area (Å²) in [5.74, 6) is -0.224. The van der Waals surface area contributed by atoms with Crippen LogP contribution in [-0.4, -0.2) is 18.2 Å². The van der Waals surface area contributed by atoms with E-state index in [4.69, 9.17) is 0 Å². The molecule has 0 saturated carbocycles. The average Bonchev–Trinajstić information content (AvgIpc) is 2.81. The topological polar surface area (TPSA) is 58.2 Å². The molecule has 3 amide bonds. The van der Waals surface area contributed by atoms with Crippen molar-refractivity contribution >= 4 is 23.7 Å². The molecule has 0 radical (unpaired) electrons. The van der Waals surface area contributed by atoms with Gasteiger partial charge in [0.25, 0.3) is 5.91 Å². The van der Waals surface area contributed by atoms with Gasteiger partial charge in [-0.15, -0.1) is 11.8 Å². The van der Waals surface area contributed by atoms with Gasteiger partial charge in [0.2, 0.25) is 0 Å². The maximum Gasteiger partial charge on any atom is 0.322 e. The molecule has 5 heteroatoms. The summed E-state index contributed by atoms with van der Waals surface area (Å²) in [5, 5.41) is 5.09. The number of thioether (sulfide) groups is 1. The van der Waals surface area contributed by atoms with Crippen LogP contribution >= 0.6 is 11.8 Å². The Balaban J connectivity index is 2.10. The van der Waals surface area contributed by atoms with Gasteiger partial charge >= 0.3 is 6.03 Å². The molecule has 2 aliphatic rings. The summed E-state index contributed by atoms with van der Waals surface area (Å²) in [6.07, 6.45) is 3.51. The minimum atomic E-state index is -0.816. The van der Waals surface area contributed by atoms with Gasteiger partial charge in [0.05, 0.1) is 0 Å². The molecule has 1 aromatic carbocycles. The van der Waals surface area contributed by atoms with Crippen molar-refractivity contribution in [2.45, 2.75) is 23.3 Å². The quantitative estimate of drug-likeness (QED) is 0.583. The molecular weight excluding hydrogens is 236 g/mol. The van der Waals surface area contributed by atoms with Gasteiger partial charge in [-0.2, -0.15) is 0 Å². The number of carbonyl (C=O) groups excluding carboxylic acids is 2. The number of aryl methyl sites for hydroxylation is 1. The highest BCUT2D eigenvalue weighted by Gasteiger charge is 2.51. The Kier molecular flexibility index (Phi) is 2.19. The summed E-state index contributed by atoms with van der Waals surface area (Å²) in [7, 11) is 0. The third-order valence-corrected chi connectivity index (χ3v) is 4.21. The summed E-state index contributed by atoms with van der Waals surface area (Å²) < 4.78 is 0. The van der Waals surface area contributed by atoms with Crippen molar-refractivity contribution in [1.29, 1.82) is 0 Å². The van der Waals surface area contributed by atoms with Crippen LogP contribution in [0.1, 0.15) is 17.5 Å². The Labute approximate surface area is 103 Å². The van der Waals surface area contributed by atoms with Crippen LogP contribution in [0.25, 0.3) is 0 Å². The molecule has 0 aromatic heterocycles. The third-order valence-electron chi connectivity index (χ3n) is 3.48. The summed E-state index contributed by atoms with van der Waals surface area (Å²) in [4.78, 5) is 24.4. The fourth-order valence-corrected chi connectivity index (χ4v) is 3.10. The average molecular weight is 248 g/mol. The largest absolute Gasteiger partial charge is 0.322 e. The van der Waals surface area contributed by atoms with E-state index in [2.05, 4.69) is 16.7 Å². The van der Waals surface area contributed by atoms with Crippen LogP contribution in [0.4, 0.5) is 4.79 Å². The van der Waals surface area contributed by atoms with E-state index in [1.54, 1.807) is 11.8 Å². The number of hydrogen-bond donors (Lipinski definition) is 2. The maximum atomic E-state index is 11.9. The van der Waals surface area contributed by atoms with Gasteiger partial charge in [0.1, 0.15) is 5.54 Å². The number of imide groups is 1. The molecule has 2 N–H and O–H groups in total. The number of carbonyl (C=O) groups is 2. The summed E-state index contributed by atoms with van der Waals surface area (Å²) in [5.41, 5.74) is 1.29. The number of fused-ring (bicyclic) bond motifs is 2. The predicted octanol–water partition coefficient (Wildman–Crippen LogP) is 1.39. The molecule has 4 nitrogen and oxygen atoms in total. The lowest BCUT2D eigenvalue weighted by atomic mass is 9.92. The fraction of sp³-hybridized carbons (Fsp3) is 0.333. The first kappa shape index (κ1) is 10.7. The van der Waals surface area contributed by atoms with Gasteiger partial charge in [-0.1, -0.05) is 6.07 Å². The van der Waals surface area contributed by atoms with E-state index < -0.39 is 11.6 Å². The molecule has 3 rings (SSSR count). The Morgan fingerprint density at radius 2 is 2.18 bits per heavy atom. The Bertz CT molecular complexity index is 529. The van der Waals surface area contributed by atoms with Crippen LogP contribution in [0.3, 0.4) is 0 Å². The van der Waals surface area contributed by atoms with E-state index in [0.717, 1.165) is 17.5 Å². The number of hydrogen-bond acceptors (Lipinski definition) is 3. The second-order valence-corrected chi connectivity index (χ2v) is 5.22.